The molecule has 0 radical (unpaired) electrons. The van der Waals surface area contributed by atoms with Crippen molar-refractivity contribution in [3.8, 4) is 0 Å². The van der Waals surface area contributed by atoms with E-state index >= 15 is 0 Å². The number of carboxylic acid groups (broad SMARTS) is 1. The van der Waals surface area contributed by atoms with Crippen LogP contribution >= 0.6 is 0 Å². The van der Waals surface area contributed by atoms with Gasteiger partial charge in [0.1, 0.15) is 30.0 Å². The summed E-state index contributed by atoms with van der Waals surface area (Å²) >= 11 is 0. The molecule has 1 atom stereocenters. The van der Waals surface area contributed by atoms with Gasteiger partial charge >= 0.3 is 6.18 Å². The summed E-state index contributed by atoms with van der Waals surface area (Å²) < 4.78 is 50.4. The molecule has 30 heavy (non-hydrogen) atoms. The number of hydrogen-bond donors (Lipinski definition) is 1. The summed E-state index contributed by atoms with van der Waals surface area (Å²) in [6, 6.07) is 17.1. The van der Waals surface area contributed by atoms with E-state index in [4.69, 9.17) is 19.6 Å². The number of aliphatic carboxylic acids is 1. The molecule has 9 heteroatoms. The van der Waals surface area contributed by atoms with Gasteiger partial charge in [-0.1, -0.05) is 42.5 Å². The predicted octanol–water partition coefficient (Wildman–Crippen LogP) is 2.14. The molecule has 0 amide bonds. The molecule has 1 unspecified atom stereocenters. The van der Waals surface area contributed by atoms with Crippen LogP contribution < -0.4 is 10.4 Å². The number of amidine groups is 1. The lowest BCUT2D eigenvalue weighted by molar-refractivity contribution is -0.587. The van der Waals surface area contributed by atoms with E-state index in [9.17, 15) is 17.6 Å². The molecule has 0 spiro atoms. The van der Waals surface area contributed by atoms with E-state index in [1.54, 1.807) is 6.07 Å². The van der Waals surface area contributed by atoms with Crippen LogP contribution in [0.15, 0.2) is 59.6 Å². The number of nitrogens with zero attached hydrogens (tertiary/aromatic N) is 1. The monoisotopic (exact) mass is 426 g/mol. The minimum atomic E-state index is -5.19. The fraction of sp³-hybridized carbons (Fsp3) is 0.333. The quantitative estimate of drug-likeness (QED) is 0.745. The Kier molecular flexibility index (Phi) is 7.69. The second-order valence-electron chi connectivity index (χ2n) is 7.22. The molecule has 0 saturated carbocycles. The second-order valence-corrected chi connectivity index (χ2v) is 7.22. The Morgan fingerprint density at radius 2 is 1.77 bits per heavy atom. The first-order valence-electron chi connectivity index (χ1n) is 9.08. The molecule has 0 saturated heterocycles. The Bertz CT molecular complexity index is 883. The number of carbonyl (C=O) groups is 1. The number of alkyl halides is 3. The first-order chi connectivity index (χ1) is 14.0. The lowest BCUT2D eigenvalue weighted by Crippen LogP contribution is -2.89. The standard InChI is InChI=1S/C19H21FN2O.C2HF3O2/c1-19(2)18(15-8-4-3-5-9-15)21-17(22-19)13-23-12-14-7-6-10-16(20)11-14;3-2(4,5)1(6)7/h3-11,18H,12-13H2,1-2H3,(H,21,22);(H,6,7). The van der Waals surface area contributed by atoms with Crippen LogP contribution in [0, 0.1) is 5.82 Å². The predicted molar refractivity (Wildman–Crippen MR) is 99.7 cm³/mol. The molecule has 0 aliphatic carbocycles. The normalized spacial score (nSPS) is 17.7. The number of quaternary nitrogens is 1. The number of hydrogen-bond acceptors (Lipinski definition) is 4. The van der Waals surface area contributed by atoms with Crippen molar-refractivity contribution in [1.82, 2.24) is 0 Å². The number of benzene rings is 2. The third kappa shape index (κ3) is 6.93. The molecule has 2 aromatic rings. The third-order valence-electron chi connectivity index (χ3n) is 4.35. The van der Waals surface area contributed by atoms with Crippen LogP contribution in [-0.2, 0) is 16.1 Å². The maximum absolute atomic E-state index is 13.2. The van der Waals surface area contributed by atoms with Gasteiger partial charge in [-0.15, -0.1) is 0 Å². The zero-order valence-corrected chi connectivity index (χ0v) is 16.4. The fourth-order valence-corrected chi connectivity index (χ4v) is 3.02. The van der Waals surface area contributed by atoms with Crippen molar-refractivity contribution in [2.45, 2.75) is 38.2 Å². The molecule has 162 valence electrons. The highest BCUT2D eigenvalue weighted by Gasteiger charge is 2.41. The van der Waals surface area contributed by atoms with Crippen LogP contribution in [0.3, 0.4) is 0 Å². The van der Waals surface area contributed by atoms with Gasteiger partial charge in [-0.2, -0.15) is 13.2 Å². The molecule has 0 fully saturated rings. The van der Waals surface area contributed by atoms with Gasteiger partial charge in [0.25, 0.3) is 0 Å². The fourth-order valence-electron chi connectivity index (χ4n) is 3.02. The molecule has 5 nitrogen and oxygen atoms in total. The number of ether oxygens (including phenoxy) is 1. The molecule has 3 rings (SSSR count). The molecular formula is C21H22F4N2O3. The molecule has 1 aliphatic heterocycles. The Hall–Kier alpha value is -2.78. The summed E-state index contributed by atoms with van der Waals surface area (Å²) in [7, 11) is 0. The summed E-state index contributed by atoms with van der Waals surface area (Å²) in [6.07, 6.45) is -5.19. The number of carboxylic acids is 1. The van der Waals surface area contributed by atoms with Gasteiger partial charge in [0.2, 0.25) is 5.84 Å². The summed E-state index contributed by atoms with van der Waals surface area (Å²) in [6.45, 7) is 5.12. The maximum atomic E-state index is 13.2. The molecule has 2 N–H and O–H groups in total. The van der Waals surface area contributed by atoms with E-state index in [0.29, 0.717) is 13.2 Å². The largest absolute Gasteiger partial charge is 0.542 e. The molecule has 1 heterocycles. The first-order valence-corrected chi connectivity index (χ1v) is 9.08. The van der Waals surface area contributed by atoms with Gasteiger partial charge in [0, 0.05) is 5.56 Å². The highest BCUT2D eigenvalue weighted by molar-refractivity contribution is 5.76. The highest BCUT2D eigenvalue weighted by Crippen LogP contribution is 2.28. The number of rotatable bonds is 5. The Labute approximate surface area is 171 Å². The van der Waals surface area contributed by atoms with Crippen LogP contribution in [-0.4, -0.2) is 30.1 Å². The summed E-state index contributed by atoms with van der Waals surface area (Å²) in [5.74, 6) is -2.28. The van der Waals surface area contributed by atoms with Crippen molar-refractivity contribution in [3.05, 3.63) is 71.5 Å². The lowest BCUT2D eigenvalue weighted by atomic mass is 9.90. The second kappa shape index (κ2) is 9.82. The topological polar surface area (TPSA) is 78.3 Å². The van der Waals surface area contributed by atoms with Crippen molar-refractivity contribution < 1.29 is 37.5 Å². The number of halogens is 4. The van der Waals surface area contributed by atoms with Crippen molar-refractivity contribution in [3.63, 3.8) is 0 Å². The van der Waals surface area contributed by atoms with E-state index in [-0.39, 0.29) is 17.4 Å². The van der Waals surface area contributed by atoms with Crippen LogP contribution in [0.4, 0.5) is 17.6 Å². The van der Waals surface area contributed by atoms with Gasteiger partial charge in [0.15, 0.2) is 0 Å². The Morgan fingerprint density at radius 1 is 1.13 bits per heavy atom. The average Bonchev–Trinajstić information content (AvgIpc) is 2.96. The van der Waals surface area contributed by atoms with Gasteiger partial charge < -0.3 is 14.6 Å². The van der Waals surface area contributed by atoms with E-state index < -0.39 is 12.1 Å². The highest BCUT2D eigenvalue weighted by atomic mass is 19.4. The lowest BCUT2D eigenvalue weighted by Gasteiger charge is -2.20. The molecular weight excluding hydrogens is 404 g/mol. The summed E-state index contributed by atoms with van der Waals surface area (Å²) in [5.41, 5.74) is 1.93. The van der Waals surface area contributed by atoms with E-state index in [1.165, 1.54) is 17.7 Å². The van der Waals surface area contributed by atoms with Crippen molar-refractivity contribution in [1.29, 1.82) is 0 Å². The minimum absolute atomic E-state index is 0.168. The van der Waals surface area contributed by atoms with Crippen molar-refractivity contribution >= 4 is 11.8 Å². The Balaban J connectivity index is 0.000000396. The SMILES string of the molecule is CC1(C)N=C(COCc2cccc(F)c2)[NH2+]C1c1ccccc1.O=C([O-])C(F)(F)F. The minimum Gasteiger partial charge on any atom is -0.542 e. The van der Waals surface area contributed by atoms with Crippen LogP contribution in [0.5, 0.6) is 0 Å². The van der Waals surface area contributed by atoms with Gasteiger partial charge in [-0.05, 0) is 31.5 Å². The zero-order chi connectivity index (χ0) is 22.4. The van der Waals surface area contributed by atoms with Gasteiger partial charge in [0.05, 0.1) is 6.61 Å². The summed E-state index contributed by atoms with van der Waals surface area (Å²) in [4.78, 5) is 13.6. The number of nitrogens with two attached hydrogens (primary N) is 1. The van der Waals surface area contributed by atoms with E-state index in [2.05, 4.69) is 43.4 Å². The smallest absolute Gasteiger partial charge is 0.430 e. The van der Waals surface area contributed by atoms with Crippen LogP contribution in [0.1, 0.15) is 31.0 Å². The number of carbonyl (C=O) groups excluding carboxylic acids is 1. The molecule has 2 aromatic carbocycles. The van der Waals surface area contributed by atoms with Crippen molar-refractivity contribution in [2.24, 2.45) is 4.99 Å². The number of aliphatic imine (C=N–C) groups is 1. The average molecular weight is 426 g/mol. The van der Waals surface area contributed by atoms with Gasteiger partial charge in [-0.3, -0.25) is 5.32 Å². The third-order valence-corrected chi connectivity index (χ3v) is 4.35. The maximum Gasteiger partial charge on any atom is 0.430 e. The van der Waals surface area contributed by atoms with Crippen LogP contribution in [0.2, 0.25) is 0 Å². The van der Waals surface area contributed by atoms with E-state index in [1.807, 2.05) is 12.1 Å². The molecule has 0 bridgehead atoms. The molecule has 0 aromatic heterocycles. The molecule has 1 aliphatic rings. The van der Waals surface area contributed by atoms with Crippen LogP contribution in [0.25, 0.3) is 0 Å². The van der Waals surface area contributed by atoms with Crippen molar-refractivity contribution in [2.75, 3.05) is 6.61 Å². The van der Waals surface area contributed by atoms with E-state index in [0.717, 1.165) is 11.4 Å². The Morgan fingerprint density at radius 3 is 2.33 bits per heavy atom. The first kappa shape index (κ1) is 23.5. The van der Waals surface area contributed by atoms with Gasteiger partial charge in [-0.25, -0.2) is 9.38 Å². The zero-order valence-electron chi connectivity index (χ0n) is 16.4. The summed E-state index contributed by atoms with van der Waals surface area (Å²) in [5, 5.41) is 11.0.